The number of phenolic OH excluding ortho intramolecular Hbond substituents is 2. The van der Waals surface area contributed by atoms with Crippen LogP contribution in [-0.2, 0) is 29.1 Å². The number of aryl methyl sites for hydroxylation is 1. The van der Waals surface area contributed by atoms with Gasteiger partial charge in [-0.2, -0.15) is 15.2 Å². The lowest BCUT2D eigenvalue weighted by molar-refractivity contribution is -0.140. The van der Waals surface area contributed by atoms with Gasteiger partial charge in [-0.25, -0.2) is 4.57 Å². The van der Waals surface area contributed by atoms with E-state index in [1.807, 2.05) is 47.4 Å². The van der Waals surface area contributed by atoms with Gasteiger partial charge in [0.05, 0.1) is 53.1 Å². The van der Waals surface area contributed by atoms with Crippen molar-refractivity contribution in [2.45, 2.75) is 57.8 Å². The Morgan fingerprint density at radius 2 is 1.67 bits per heavy atom. The summed E-state index contributed by atoms with van der Waals surface area (Å²) in [5.41, 5.74) is 5.45. The SMILES string of the molecule is C=CC(=O)N1CCN(c2nc(OC[C@@H]3CN(C(=O)C4CCN(Cc5ccc(-n6c(O)nnc6-c6cc(C)c(O)cc6O)cc5)CC4)CCN3C)nc3c2CCN(c2cccc4cccc(Cl)c24)C3)C[C@@H]1CC#N. The van der Waals surface area contributed by atoms with E-state index in [1.165, 1.54) is 16.7 Å². The number of nitriles is 1. The summed E-state index contributed by atoms with van der Waals surface area (Å²) in [7, 11) is 2.06. The first-order chi connectivity index (χ1) is 35.4. The van der Waals surface area contributed by atoms with E-state index in [4.69, 9.17) is 26.3 Å². The summed E-state index contributed by atoms with van der Waals surface area (Å²) in [6, 6.07) is 24.5. The lowest BCUT2D eigenvalue weighted by Gasteiger charge is -2.42. The summed E-state index contributed by atoms with van der Waals surface area (Å²) < 4.78 is 8.02. The number of nitrogens with zero attached hydrogens (tertiary/aromatic N) is 12. The van der Waals surface area contributed by atoms with Gasteiger partial charge < -0.3 is 39.7 Å². The number of likely N-dealkylation sites (N-methyl/N-ethyl adjacent to an activating group) is 1. The topological polar surface area (TPSA) is 204 Å². The van der Waals surface area contributed by atoms with Crippen LogP contribution in [0, 0.1) is 24.2 Å². The number of anilines is 2. The maximum absolute atomic E-state index is 14.2. The van der Waals surface area contributed by atoms with Crippen LogP contribution in [0.4, 0.5) is 11.5 Å². The molecular weight excluding hydrogens is 948 g/mol. The number of phenols is 2. The lowest BCUT2D eigenvalue weighted by Crippen LogP contribution is -2.57. The molecule has 6 heterocycles. The molecule has 0 aliphatic carbocycles. The minimum atomic E-state index is -0.332. The van der Waals surface area contributed by atoms with Crippen molar-refractivity contribution < 1.29 is 29.6 Å². The molecule has 2 aromatic heterocycles. The minimum Gasteiger partial charge on any atom is -0.508 e. The van der Waals surface area contributed by atoms with E-state index >= 15 is 0 Å². The zero-order valence-electron chi connectivity index (χ0n) is 41.1. The van der Waals surface area contributed by atoms with E-state index in [1.54, 1.807) is 17.9 Å². The zero-order chi connectivity index (χ0) is 50.9. The first-order valence-corrected chi connectivity index (χ1v) is 25.2. The molecule has 3 N–H and O–H groups in total. The second kappa shape index (κ2) is 20.9. The Morgan fingerprint density at radius 3 is 2.44 bits per heavy atom. The van der Waals surface area contributed by atoms with Crippen molar-refractivity contribution in [3.8, 4) is 46.7 Å². The van der Waals surface area contributed by atoms with E-state index in [9.17, 15) is 30.2 Å². The van der Waals surface area contributed by atoms with Crippen molar-refractivity contribution in [3.63, 3.8) is 0 Å². The number of benzene rings is 4. The van der Waals surface area contributed by atoms with Gasteiger partial charge in [-0.05, 0) is 99.2 Å². The molecule has 0 bridgehead atoms. The summed E-state index contributed by atoms with van der Waals surface area (Å²) >= 11 is 6.81. The van der Waals surface area contributed by atoms with Crippen LogP contribution in [0.3, 0.4) is 0 Å². The summed E-state index contributed by atoms with van der Waals surface area (Å²) in [4.78, 5) is 50.0. The van der Waals surface area contributed by atoms with E-state index < -0.39 is 0 Å². The fraction of sp³-hybridized carbons (Fsp3) is 0.389. The van der Waals surface area contributed by atoms with Crippen molar-refractivity contribution >= 4 is 45.7 Å². The summed E-state index contributed by atoms with van der Waals surface area (Å²) in [5, 5.41) is 51.7. The Bertz CT molecular complexity index is 3090. The number of likely N-dealkylation sites (tertiary alicyclic amines) is 1. The van der Waals surface area contributed by atoms with Crippen LogP contribution in [0.1, 0.15) is 41.6 Å². The Kier molecular flexibility index (Phi) is 14.1. The van der Waals surface area contributed by atoms with Gasteiger partial charge in [0, 0.05) is 81.0 Å². The third kappa shape index (κ3) is 10.0. The predicted octanol–water partition coefficient (Wildman–Crippen LogP) is 6.07. The smallest absolute Gasteiger partial charge is 0.319 e. The number of ether oxygens (including phenoxy) is 1. The molecule has 3 fully saturated rings. The van der Waals surface area contributed by atoms with Crippen molar-refractivity contribution in [2.75, 3.05) is 82.4 Å². The van der Waals surface area contributed by atoms with Crippen LogP contribution >= 0.6 is 11.6 Å². The molecule has 0 spiro atoms. The van der Waals surface area contributed by atoms with E-state index in [0.717, 1.165) is 65.0 Å². The second-order valence-electron chi connectivity index (χ2n) is 19.5. The quantitative estimate of drug-likeness (QED) is 0.119. The van der Waals surface area contributed by atoms with Gasteiger partial charge in [0.25, 0.3) is 0 Å². The highest BCUT2D eigenvalue weighted by atomic mass is 35.5. The highest BCUT2D eigenvalue weighted by Crippen LogP contribution is 2.39. The molecule has 0 unspecified atom stereocenters. The molecule has 18 nitrogen and oxygen atoms in total. The molecule has 6 aromatic rings. The number of hydrogen-bond acceptors (Lipinski definition) is 15. The monoisotopic (exact) mass is 1010 g/mol. The van der Waals surface area contributed by atoms with Crippen molar-refractivity contribution in [2.24, 2.45) is 5.92 Å². The third-order valence-corrected chi connectivity index (χ3v) is 15.3. The average Bonchev–Trinajstić information content (AvgIpc) is 3.79. The Balaban J connectivity index is 0.795. The fourth-order valence-electron chi connectivity index (χ4n) is 10.8. The van der Waals surface area contributed by atoms with Crippen molar-refractivity contribution in [1.29, 1.82) is 5.26 Å². The van der Waals surface area contributed by atoms with E-state index in [0.29, 0.717) is 87.2 Å². The number of halogens is 1. The average molecular weight is 1010 g/mol. The molecule has 2 atom stereocenters. The van der Waals surface area contributed by atoms with Crippen LogP contribution in [0.15, 0.2) is 85.5 Å². The first-order valence-electron chi connectivity index (χ1n) is 24.8. The number of amides is 2. The maximum atomic E-state index is 14.2. The Hall–Kier alpha value is -7.46. The molecule has 10 rings (SSSR count). The highest BCUT2D eigenvalue weighted by Gasteiger charge is 2.36. The van der Waals surface area contributed by atoms with Gasteiger partial charge >= 0.3 is 12.0 Å². The van der Waals surface area contributed by atoms with Crippen LogP contribution in [0.5, 0.6) is 23.5 Å². The number of fused-ring (bicyclic) bond motifs is 2. The number of aromatic nitrogens is 5. The zero-order valence-corrected chi connectivity index (χ0v) is 41.8. The third-order valence-electron chi connectivity index (χ3n) is 15.0. The van der Waals surface area contributed by atoms with Crippen LogP contribution in [-0.4, -0.2) is 156 Å². The molecule has 0 saturated carbocycles. The van der Waals surface area contributed by atoms with Crippen LogP contribution < -0.4 is 14.5 Å². The summed E-state index contributed by atoms with van der Waals surface area (Å²) in [6.45, 7) is 12.4. The predicted molar refractivity (Wildman–Crippen MR) is 277 cm³/mol. The number of rotatable bonds is 12. The largest absolute Gasteiger partial charge is 0.508 e. The number of carbonyl (C=O) groups is 2. The normalized spacial score (nSPS) is 18.9. The van der Waals surface area contributed by atoms with Gasteiger partial charge in [-0.15, -0.1) is 5.10 Å². The van der Waals surface area contributed by atoms with E-state index in [-0.39, 0.29) is 72.2 Å². The molecule has 4 aliphatic rings. The van der Waals surface area contributed by atoms with Gasteiger partial charge in [0.15, 0.2) is 5.82 Å². The summed E-state index contributed by atoms with van der Waals surface area (Å²) in [6.07, 6.45) is 3.65. The minimum absolute atomic E-state index is 0.0459. The van der Waals surface area contributed by atoms with Crippen molar-refractivity contribution in [3.05, 3.63) is 113 Å². The van der Waals surface area contributed by atoms with Gasteiger partial charge in [0.2, 0.25) is 11.8 Å². The molecule has 2 amide bonds. The van der Waals surface area contributed by atoms with Crippen LogP contribution in [0.2, 0.25) is 5.02 Å². The number of piperazine rings is 2. The highest BCUT2D eigenvalue weighted by molar-refractivity contribution is 6.36. The number of aromatic hydroxyl groups is 3. The molecule has 19 heteroatoms. The number of carbonyl (C=O) groups excluding carboxylic acids is 2. The molecule has 378 valence electrons. The molecule has 4 aliphatic heterocycles. The van der Waals surface area contributed by atoms with Crippen molar-refractivity contribution in [1.82, 2.24) is 44.3 Å². The lowest BCUT2D eigenvalue weighted by atomic mass is 9.94. The number of piperidine rings is 1. The number of hydrogen-bond donors (Lipinski definition) is 3. The molecule has 3 saturated heterocycles. The Labute approximate surface area is 428 Å². The molecule has 0 radical (unpaired) electrons. The molecule has 73 heavy (non-hydrogen) atoms. The van der Waals surface area contributed by atoms with Gasteiger partial charge in [0.1, 0.15) is 23.9 Å². The summed E-state index contributed by atoms with van der Waals surface area (Å²) in [5.74, 6) is 0.660. The molecular formula is C54H59ClN12O6. The molecule has 4 aromatic carbocycles. The van der Waals surface area contributed by atoms with E-state index in [2.05, 4.69) is 67.7 Å². The maximum Gasteiger partial charge on any atom is 0.319 e. The van der Waals surface area contributed by atoms with Crippen LogP contribution in [0.25, 0.3) is 27.8 Å². The van der Waals surface area contributed by atoms with Gasteiger partial charge in [-0.3, -0.25) is 19.4 Å². The second-order valence-corrected chi connectivity index (χ2v) is 19.9. The standard InChI is InChI=1S/C54H59ClN12O6/c1-4-48(70)66-26-25-64(30-39(66)15-19-56)50-41-18-22-63(45-10-6-8-36-7-5-9-43(55)49(36)45)32-44(41)57-53(58-50)73-33-40-31-65(24-23-61(40)3)52(71)37-16-20-62(21-17-37)29-35-11-13-38(14-12-35)67-51(59-60-54(67)72)42-27-34(2)46(68)28-47(42)69/h4-14,27-28,37,39-40,68-69H,1,15-18,20-26,29-33H2,2-3H3,(H,60,72)/t39-,40-/m0/s1. The fourth-order valence-corrected chi connectivity index (χ4v) is 11.1. The first kappa shape index (κ1) is 49.1. The Morgan fingerprint density at radius 1 is 0.890 bits per heavy atom. The van der Waals surface area contributed by atoms with Gasteiger partial charge in [-0.1, -0.05) is 59.7 Å².